The van der Waals surface area contributed by atoms with Crippen LogP contribution in [-0.2, 0) is 0 Å². The van der Waals surface area contributed by atoms with Crippen LogP contribution in [0.5, 0.6) is 0 Å². The van der Waals surface area contributed by atoms with Gasteiger partial charge in [0, 0.05) is 42.4 Å². The maximum absolute atomic E-state index is 12.4. The lowest BCUT2D eigenvalue weighted by molar-refractivity contribution is 0.102. The zero-order valence-electron chi connectivity index (χ0n) is 12.3. The molecule has 0 radical (unpaired) electrons. The molecule has 0 spiro atoms. The Balaban J connectivity index is 1.59. The van der Waals surface area contributed by atoms with Crippen LogP contribution in [0.25, 0.3) is 11.3 Å². The molecule has 1 amide bonds. The molecular weight excluding hydrogens is 288 g/mol. The summed E-state index contributed by atoms with van der Waals surface area (Å²) in [6.45, 7) is 0. The Morgan fingerprint density at radius 3 is 2.74 bits per heavy atom. The van der Waals surface area contributed by atoms with E-state index in [9.17, 15) is 4.79 Å². The number of anilines is 1. The molecule has 1 N–H and O–H groups in total. The fraction of sp³-hybridized carbons (Fsp3) is 0. The summed E-state index contributed by atoms with van der Waals surface area (Å²) >= 11 is 0. The number of imidazole rings is 1. The summed E-state index contributed by atoms with van der Waals surface area (Å²) in [5, 5.41) is 2.93. The Bertz CT molecular complexity index is 970. The van der Waals surface area contributed by atoms with Crippen molar-refractivity contribution in [2.45, 2.75) is 0 Å². The van der Waals surface area contributed by atoms with Crippen LogP contribution in [0.3, 0.4) is 0 Å². The van der Waals surface area contributed by atoms with Crippen molar-refractivity contribution in [3.05, 3.63) is 85.1 Å². The van der Waals surface area contributed by atoms with Crippen LogP contribution >= 0.6 is 0 Å². The molecule has 0 bridgehead atoms. The molecule has 5 nitrogen and oxygen atoms in total. The Morgan fingerprint density at radius 1 is 1.00 bits per heavy atom. The lowest BCUT2D eigenvalue weighted by atomic mass is 10.2. The summed E-state index contributed by atoms with van der Waals surface area (Å²) in [6, 6.07) is 15.3. The Kier molecular flexibility index (Phi) is 3.16. The second-order valence-electron chi connectivity index (χ2n) is 5.21. The van der Waals surface area contributed by atoms with Gasteiger partial charge in [-0.25, -0.2) is 4.98 Å². The Hall–Kier alpha value is -3.34. The van der Waals surface area contributed by atoms with E-state index in [0.29, 0.717) is 5.56 Å². The van der Waals surface area contributed by atoms with Crippen LogP contribution < -0.4 is 5.32 Å². The number of rotatable bonds is 3. The first-order valence-electron chi connectivity index (χ1n) is 7.27. The highest BCUT2D eigenvalue weighted by atomic mass is 16.1. The van der Waals surface area contributed by atoms with Gasteiger partial charge in [-0.1, -0.05) is 6.07 Å². The molecule has 23 heavy (non-hydrogen) atoms. The van der Waals surface area contributed by atoms with Crippen molar-refractivity contribution in [3.63, 3.8) is 0 Å². The summed E-state index contributed by atoms with van der Waals surface area (Å²) in [6.07, 6.45) is 9.23. The first-order chi connectivity index (χ1) is 11.3. The number of pyridine rings is 1. The fourth-order valence-electron chi connectivity index (χ4n) is 2.51. The van der Waals surface area contributed by atoms with E-state index < -0.39 is 0 Å². The van der Waals surface area contributed by atoms with Gasteiger partial charge in [0.05, 0.1) is 5.56 Å². The quantitative estimate of drug-likeness (QED) is 0.631. The molecule has 3 heterocycles. The number of hydrogen-bond acceptors (Lipinski definition) is 2. The van der Waals surface area contributed by atoms with Gasteiger partial charge in [0.2, 0.25) is 0 Å². The smallest absolute Gasteiger partial charge is 0.257 e. The van der Waals surface area contributed by atoms with Gasteiger partial charge in [0.15, 0.2) is 0 Å². The van der Waals surface area contributed by atoms with E-state index in [1.807, 2.05) is 70.0 Å². The van der Waals surface area contributed by atoms with Crippen LogP contribution in [0.15, 0.2) is 79.5 Å². The van der Waals surface area contributed by atoms with E-state index in [1.165, 1.54) is 0 Å². The highest BCUT2D eigenvalue weighted by Gasteiger charge is 2.08. The van der Waals surface area contributed by atoms with E-state index in [-0.39, 0.29) is 5.91 Å². The van der Waals surface area contributed by atoms with Crippen LogP contribution in [0, 0.1) is 0 Å². The third-order valence-corrected chi connectivity index (χ3v) is 3.66. The Labute approximate surface area is 132 Å². The van der Waals surface area contributed by atoms with Gasteiger partial charge < -0.3 is 14.3 Å². The van der Waals surface area contributed by atoms with Crippen LogP contribution in [0.4, 0.5) is 5.69 Å². The van der Waals surface area contributed by atoms with Gasteiger partial charge in [-0.3, -0.25) is 4.79 Å². The SMILES string of the molecule is O=C(Nc1cccc(-n2cccc2)c1)c1ccc2nccn2c1. The minimum Gasteiger partial charge on any atom is -0.324 e. The molecule has 1 aromatic carbocycles. The minimum absolute atomic E-state index is 0.148. The molecule has 0 aliphatic rings. The number of benzene rings is 1. The number of aromatic nitrogens is 3. The van der Waals surface area contributed by atoms with E-state index in [1.54, 1.807) is 18.5 Å². The number of nitrogens with one attached hydrogen (secondary N) is 1. The Morgan fingerprint density at radius 2 is 1.87 bits per heavy atom. The normalized spacial score (nSPS) is 10.8. The van der Waals surface area contributed by atoms with Crippen molar-refractivity contribution < 1.29 is 4.79 Å². The van der Waals surface area contributed by atoms with Crippen LogP contribution in [-0.4, -0.2) is 19.9 Å². The monoisotopic (exact) mass is 302 g/mol. The minimum atomic E-state index is -0.148. The number of carbonyl (C=O) groups is 1. The standard InChI is InChI=1S/C18H14N4O/c23-18(14-6-7-17-19-8-11-22(17)13-14)20-15-4-3-5-16(12-15)21-9-1-2-10-21/h1-13H,(H,20,23). The molecule has 0 saturated heterocycles. The molecule has 3 aromatic heterocycles. The molecule has 0 fully saturated rings. The van der Waals surface area contributed by atoms with Gasteiger partial charge in [0.1, 0.15) is 5.65 Å². The zero-order chi connectivity index (χ0) is 15.6. The van der Waals surface area contributed by atoms with Crippen molar-refractivity contribution in [3.8, 4) is 5.69 Å². The first-order valence-corrected chi connectivity index (χ1v) is 7.27. The molecule has 5 heteroatoms. The summed E-state index contributed by atoms with van der Waals surface area (Å²) in [7, 11) is 0. The fourth-order valence-corrected chi connectivity index (χ4v) is 2.51. The molecule has 0 aliphatic carbocycles. The molecule has 4 aromatic rings. The topological polar surface area (TPSA) is 51.3 Å². The molecule has 0 saturated carbocycles. The van der Waals surface area contributed by atoms with E-state index in [4.69, 9.17) is 0 Å². The van der Waals surface area contributed by atoms with Crippen molar-refractivity contribution in [2.75, 3.05) is 5.32 Å². The lowest BCUT2D eigenvalue weighted by Crippen LogP contribution is -2.12. The number of nitrogens with zero attached hydrogens (tertiary/aromatic N) is 3. The van der Waals surface area contributed by atoms with Crippen molar-refractivity contribution in [1.82, 2.24) is 14.0 Å². The molecule has 112 valence electrons. The van der Waals surface area contributed by atoms with Crippen molar-refractivity contribution in [2.24, 2.45) is 0 Å². The predicted molar refractivity (Wildman–Crippen MR) is 88.9 cm³/mol. The van der Waals surface area contributed by atoms with Crippen molar-refractivity contribution in [1.29, 1.82) is 0 Å². The molecule has 0 unspecified atom stereocenters. The van der Waals surface area contributed by atoms with Gasteiger partial charge in [-0.15, -0.1) is 0 Å². The van der Waals surface area contributed by atoms with E-state index in [2.05, 4.69) is 10.3 Å². The predicted octanol–water partition coefficient (Wildman–Crippen LogP) is 3.38. The average Bonchev–Trinajstić information content (AvgIpc) is 3.26. The summed E-state index contributed by atoms with van der Waals surface area (Å²) in [4.78, 5) is 16.6. The van der Waals surface area contributed by atoms with E-state index >= 15 is 0 Å². The van der Waals surface area contributed by atoms with Crippen LogP contribution in [0.1, 0.15) is 10.4 Å². The highest BCUT2D eigenvalue weighted by Crippen LogP contribution is 2.16. The highest BCUT2D eigenvalue weighted by molar-refractivity contribution is 6.04. The van der Waals surface area contributed by atoms with Crippen molar-refractivity contribution >= 4 is 17.2 Å². The number of carbonyl (C=O) groups excluding carboxylic acids is 1. The van der Waals surface area contributed by atoms with Gasteiger partial charge in [0.25, 0.3) is 5.91 Å². The maximum Gasteiger partial charge on any atom is 0.257 e. The lowest BCUT2D eigenvalue weighted by Gasteiger charge is -2.08. The van der Waals surface area contributed by atoms with Crippen LogP contribution in [0.2, 0.25) is 0 Å². The van der Waals surface area contributed by atoms with Gasteiger partial charge in [-0.2, -0.15) is 0 Å². The maximum atomic E-state index is 12.4. The van der Waals surface area contributed by atoms with E-state index in [0.717, 1.165) is 17.0 Å². The summed E-state index contributed by atoms with van der Waals surface area (Å²) in [5.74, 6) is -0.148. The number of hydrogen-bond donors (Lipinski definition) is 1. The second-order valence-corrected chi connectivity index (χ2v) is 5.21. The molecule has 0 atom stereocenters. The number of fused-ring (bicyclic) bond motifs is 1. The third kappa shape index (κ3) is 2.60. The average molecular weight is 302 g/mol. The molecule has 4 rings (SSSR count). The number of amides is 1. The zero-order valence-corrected chi connectivity index (χ0v) is 12.3. The first kappa shape index (κ1) is 13.3. The van der Waals surface area contributed by atoms with Gasteiger partial charge >= 0.3 is 0 Å². The summed E-state index contributed by atoms with van der Waals surface area (Å²) < 4.78 is 3.82. The third-order valence-electron chi connectivity index (χ3n) is 3.66. The van der Waals surface area contributed by atoms with Gasteiger partial charge in [-0.05, 0) is 42.5 Å². The molecule has 0 aliphatic heterocycles. The summed E-state index contributed by atoms with van der Waals surface area (Å²) in [5.41, 5.74) is 3.16. The second kappa shape index (κ2) is 5.46. The molecular formula is C18H14N4O. The largest absolute Gasteiger partial charge is 0.324 e.